The number of nitrogens with zero attached hydrogens (tertiary/aromatic N) is 1. The lowest BCUT2D eigenvalue weighted by atomic mass is 10.1. The second-order valence-corrected chi connectivity index (χ2v) is 6.17. The van der Waals surface area contributed by atoms with Crippen molar-refractivity contribution in [3.8, 4) is 0 Å². The zero-order valence-electron chi connectivity index (χ0n) is 12.6. The maximum Gasteiger partial charge on any atom is 0.253 e. The van der Waals surface area contributed by atoms with E-state index < -0.39 is 6.10 Å². The van der Waals surface area contributed by atoms with Gasteiger partial charge in [-0.1, -0.05) is 0 Å². The highest BCUT2D eigenvalue weighted by molar-refractivity contribution is 5.96. The minimum atomic E-state index is -0.531. The Morgan fingerprint density at radius 2 is 1.73 bits per heavy atom. The third kappa shape index (κ3) is 3.14. The van der Waals surface area contributed by atoms with Crippen LogP contribution in [0.25, 0.3) is 0 Å². The van der Waals surface area contributed by atoms with Gasteiger partial charge in [0, 0.05) is 24.3 Å². The van der Waals surface area contributed by atoms with Gasteiger partial charge in [0.25, 0.3) is 5.91 Å². The molecule has 0 bridgehead atoms. The van der Waals surface area contributed by atoms with E-state index in [4.69, 9.17) is 0 Å². The van der Waals surface area contributed by atoms with Gasteiger partial charge >= 0.3 is 0 Å². The number of anilines is 1. The van der Waals surface area contributed by atoms with Gasteiger partial charge < -0.3 is 15.3 Å². The van der Waals surface area contributed by atoms with Gasteiger partial charge in [-0.2, -0.15) is 0 Å². The van der Waals surface area contributed by atoms with Gasteiger partial charge in [0.05, 0.1) is 12.0 Å². The number of benzene rings is 1. The molecule has 1 aliphatic heterocycles. The van der Waals surface area contributed by atoms with Crippen LogP contribution in [0.5, 0.6) is 0 Å². The molecule has 0 aromatic heterocycles. The summed E-state index contributed by atoms with van der Waals surface area (Å²) in [6, 6.07) is 7.01. The molecule has 1 saturated heterocycles. The molecule has 2 unspecified atom stereocenters. The van der Waals surface area contributed by atoms with E-state index >= 15 is 0 Å². The summed E-state index contributed by atoms with van der Waals surface area (Å²) in [6.07, 6.45) is 3.94. The molecule has 22 heavy (non-hydrogen) atoms. The second-order valence-electron chi connectivity index (χ2n) is 6.17. The van der Waals surface area contributed by atoms with E-state index in [1.54, 1.807) is 24.3 Å². The van der Waals surface area contributed by atoms with Gasteiger partial charge in [-0.25, -0.2) is 0 Å². The SMILES string of the molecule is O=C(Nc1ccc(C(=O)N2CCCC2)cc1)C1CCCC1O. The number of rotatable bonds is 3. The molecular formula is C17H22N2O3. The predicted molar refractivity (Wildman–Crippen MR) is 83.6 cm³/mol. The van der Waals surface area contributed by atoms with Crippen LogP contribution in [0.1, 0.15) is 42.5 Å². The Balaban J connectivity index is 1.61. The van der Waals surface area contributed by atoms with Crippen molar-refractivity contribution in [3.05, 3.63) is 29.8 Å². The molecule has 1 aromatic carbocycles. The maximum absolute atomic E-state index is 12.2. The first-order chi connectivity index (χ1) is 10.6. The van der Waals surface area contributed by atoms with E-state index in [1.807, 2.05) is 4.90 Å². The average Bonchev–Trinajstić information content (AvgIpc) is 3.18. The molecule has 2 N–H and O–H groups in total. The number of carbonyl (C=O) groups is 2. The second kappa shape index (κ2) is 6.48. The molecule has 2 amide bonds. The molecule has 1 aromatic rings. The number of aliphatic hydroxyl groups is 1. The molecule has 5 heteroatoms. The number of hydrogen-bond acceptors (Lipinski definition) is 3. The van der Waals surface area contributed by atoms with Crippen molar-refractivity contribution < 1.29 is 14.7 Å². The molecular weight excluding hydrogens is 280 g/mol. The first kappa shape index (κ1) is 15.0. The first-order valence-electron chi connectivity index (χ1n) is 8.03. The molecule has 0 radical (unpaired) electrons. The summed E-state index contributed by atoms with van der Waals surface area (Å²) in [5.74, 6) is -0.392. The standard InChI is InChI=1S/C17H22N2O3/c20-15-5-3-4-14(15)16(21)18-13-8-6-12(7-9-13)17(22)19-10-1-2-11-19/h6-9,14-15,20H,1-5,10-11H2,(H,18,21). The van der Waals surface area contributed by atoms with Crippen molar-refractivity contribution in [2.24, 2.45) is 5.92 Å². The summed E-state index contributed by atoms with van der Waals surface area (Å²) >= 11 is 0. The van der Waals surface area contributed by atoms with Crippen molar-refractivity contribution in [2.45, 2.75) is 38.2 Å². The summed E-state index contributed by atoms with van der Waals surface area (Å²) < 4.78 is 0. The zero-order chi connectivity index (χ0) is 15.5. The lowest BCUT2D eigenvalue weighted by molar-refractivity contribution is -0.122. The average molecular weight is 302 g/mol. The third-order valence-corrected chi connectivity index (χ3v) is 4.61. The Hall–Kier alpha value is -1.88. The molecule has 118 valence electrons. The van der Waals surface area contributed by atoms with E-state index in [0.29, 0.717) is 17.7 Å². The molecule has 1 saturated carbocycles. The summed E-state index contributed by atoms with van der Waals surface area (Å²) in [7, 11) is 0. The summed E-state index contributed by atoms with van der Waals surface area (Å²) in [5, 5.41) is 12.6. The van der Waals surface area contributed by atoms with Crippen molar-refractivity contribution in [3.63, 3.8) is 0 Å². The Bertz CT molecular complexity index is 550. The monoisotopic (exact) mass is 302 g/mol. The molecule has 2 fully saturated rings. The van der Waals surface area contributed by atoms with Crippen molar-refractivity contribution in [1.29, 1.82) is 0 Å². The predicted octanol–water partition coefficient (Wildman–Crippen LogP) is 2.02. The quantitative estimate of drug-likeness (QED) is 0.897. The fourth-order valence-corrected chi connectivity index (χ4v) is 3.28. The smallest absolute Gasteiger partial charge is 0.253 e. The topological polar surface area (TPSA) is 69.6 Å². The largest absolute Gasteiger partial charge is 0.392 e. The minimum Gasteiger partial charge on any atom is -0.392 e. The fraction of sp³-hybridized carbons (Fsp3) is 0.529. The van der Waals surface area contributed by atoms with Crippen LogP contribution in [0, 0.1) is 5.92 Å². The van der Waals surface area contributed by atoms with Crippen molar-refractivity contribution >= 4 is 17.5 Å². The Morgan fingerprint density at radius 1 is 1.05 bits per heavy atom. The van der Waals surface area contributed by atoms with Gasteiger partial charge in [-0.15, -0.1) is 0 Å². The summed E-state index contributed by atoms with van der Waals surface area (Å²) in [4.78, 5) is 26.2. The minimum absolute atomic E-state index is 0.0570. The Morgan fingerprint density at radius 3 is 2.32 bits per heavy atom. The first-order valence-corrected chi connectivity index (χ1v) is 8.03. The van der Waals surface area contributed by atoms with E-state index in [0.717, 1.165) is 38.8 Å². The molecule has 5 nitrogen and oxygen atoms in total. The fourth-order valence-electron chi connectivity index (χ4n) is 3.28. The van der Waals surface area contributed by atoms with Crippen LogP contribution in [0.4, 0.5) is 5.69 Å². The van der Waals surface area contributed by atoms with Gasteiger partial charge in [0.2, 0.25) is 5.91 Å². The van der Waals surface area contributed by atoms with Crippen LogP contribution >= 0.6 is 0 Å². The summed E-state index contributed by atoms with van der Waals surface area (Å²) in [5.41, 5.74) is 1.32. The zero-order valence-corrected chi connectivity index (χ0v) is 12.6. The Kier molecular flexibility index (Phi) is 4.43. The lowest BCUT2D eigenvalue weighted by Gasteiger charge is -2.16. The molecule has 3 rings (SSSR count). The van der Waals surface area contributed by atoms with Crippen LogP contribution in [0.2, 0.25) is 0 Å². The van der Waals surface area contributed by atoms with Crippen LogP contribution in [-0.2, 0) is 4.79 Å². The highest BCUT2D eigenvalue weighted by atomic mass is 16.3. The van der Waals surface area contributed by atoms with Crippen molar-refractivity contribution in [2.75, 3.05) is 18.4 Å². The highest BCUT2D eigenvalue weighted by Gasteiger charge is 2.31. The van der Waals surface area contributed by atoms with E-state index in [9.17, 15) is 14.7 Å². The van der Waals surface area contributed by atoms with Crippen LogP contribution < -0.4 is 5.32 Å². The van der Waals surface area contributed by atoms with Crippen LogP contribution in [0.15, 0.2) is 24.3 Å². The van der Waals surface area contributed by atoms with Crippen LogP contribution in [0.3, 0.4) is 0 Å². The van der Waals surface area contributed by atoms with Crippen LogP contribution in [-0.4, -0.2) is 41.0 Å². The number of likely N-dealkylation sites (tertiary alicyclic amines) is 1. The van der Waals surface area contributed by atoms with Gasteiger partial charge in [-0.3, -0.25) is 9.59 Å². The maximum atomic E-state index is 12.2. The number of nitrogens with one attached hydrogen (secondary N) is 1. The molecule has 0 spiro atoms. The van der Waals surface area contributed by atoms with Gasteiger partial charge in [0.15, 0.2) is 0 Å². The Labute approximate surface area is 130 Å². The number of amides is 2. The number of carbonyl (C=O) groups excluding carboxylic acids is 2. The van der Waals surface area contributed by atoms with Crippen molar-refractivity contribution in [1.82, 2.24) is 4.90 Å². The summed E-state index contributed by atoms with van der Waals surface area (Å²) in [6.45, 7) is 1.66. The lowest BCUT2D eigenvalue weighted by Crippen LogP contribution is -2.29. The number of aliphatic hydroxyl groups excluding tert-OH is 1. The highest BCUT2D eigenvalue weighted by Crippen LogP contribution is 2.27. The van der Waals surface area contributed by atoms with Gasteiger partial charge in [0.1, 0.15) is 0 Å². The normalized spacial score (nSPS) is 24.5. The molecule has 1 heterocycles. The van der Waals surface area contributed by atoms with E-state index in [2.05, 4.69) is 5.32 Å². The molecule has 2 atom stereocenters. The third-order valence-electron chi connectivity index (χ3n) is 4.61. The molecule has 1 aliphatic carbocycles. The van der Waals surface area contributed by atoms with E-state index in [-0.39, 0.29) is 17.7 Å². The van der Waals surface area contributed by atoms with Gasteiger partial charge in [-0.05, 0) is 56.4 Å². The molecule has 2 aliphatic rings. The number of hydrogen-bond donors (Lipinski definition) is 2. The van der Waals surface area contributed by atoms with E-state index in [1.165, 1.54) is 0 Å².